The standard InChI is InChI=1S/C16H18ClF2NO3/c1-22-9-2-5-13-12(8-9)20(6-7-23-13)16(21)10-3-4-11(18)14(17)15(10)19/h3-4,9,12-13H,2,5-8H2,1H3. The van der Waals surface area contributed by atoms with Gasteiger partial charge in [0.05, 0.1) is 30.4 Å². The quantitative estimate of drug-likeness (QED) is 0.773. The number of carbonyl (C=O) groups is 1. The first kappa shape index (κ1) is 16.6. The van der Waals surface area contributed by atoms with Gasteiger partial charge in [0.15, 0.2) is 5.82 Å². The Balaban J connectivity index is 1.87. The van der Waals surface area contributed by atoms with Gasteiger partial charge in [0.1, 0.15) is 10.8 Å². The first-order valence-corrected chi connectivity index (χ1v) is 7.99. The molecule has 1 saturated heterocycles. The van der Waals surface area contributed by atoms with Crippen molar-refractivity contribution in [1.82, 2.24) is 4.90 Å². The number of ether oxygens (including phenoxy) is 2. The van der Waals surface area contributed by atoms with Crippen molar-refractivity contribution in [2.24, 2.45) is 0 Å². The van der Waals surface area contributed by atoms with Crippen LogP contribution in [0.25, 0.3) is 0 Å². The summed E-state index contributed by atoms with van der Waals surface area (Å²) in [5, 5.41) is -0.654. The fourth-order valence-electron chi connectivity index (χ4n) is 3.38. The Morgan fingerprint density at radius 1 is 1.39 bits per heavy atom. The molecule has 4 nitrogen and oxygen atoms in total. The summed E-state index contributed by atoms with van der Waals surface area (Å²) in [4.78, 5) is 14.3. The van der Waals surface area contributed by atoms with Gasteiger partial charge in [-0.25, -0.2) is 8.78 Å². The zero-order valence-corrected chi connectivity index (χ0v) is 13.5. The number of carbonyl (C=O) groups excluding carboxylic acids is 1. The van der Waals surface area contributed by atoms with Crippen LogP contribution in [0, 0.1) is 11.6 Å². The van der Waals surface area contributed by atoms with Gasteiger partial charge < -0.3 is 14.4 Å². The maximum Gasteiger partial charge on any atom is 0.257 e. The van der Waals surface area contributed by atoms with Gasteiger partial charge in [-0.1, -0.05) is 11.6 Å². The van der Waals surface area contributed by atoms with Gasteiger partial charge in [0.2, 0.25) is 0 Å². The summed E-state index contributed by atoms with van der Waals surface area (Å²) < 4.78 is 38.6. The lowest BCUT2D eigenvalue weighted by Crippen LogP contribution is -2.57. The number of rotatable bonds is 2. The zero-order valence-electron chi connectivity index (χ0n) is 12.7. The molecule has 1 aliphatic carbocycles. The average Bonchev–Trinajstić information content (AvgIpc) is 2.58. The van der Waals surface area contributed by atoms with Gasteiger partial charge >= 0.3 is 0 Å². The molecule has 1 heterocycles. The fourth-order valence-corrected chi connectivity index (χ4v) is 3.55. The van der Waals surface area contributed by atoms with Crippen molar-refractivity contribution in [1.29, 1.82) is 0 Å². The number of methoxy groups -OCH3 is 1. The zero-order chi connectivity index (χ0) is 16.6. The Kier molecular flexibility index (Phi) is 4.85. The second kappa shape index (κ2) is 6.71. The number of hydrogen-bond donors (Lipinski definition) is 0. The molecule has 1 aliphatic heterocycles. The fraction of sp³-hybridized carbons (Fsp3) is 0.562. The van der Waals surface area contributed by atoms with Crippen LogP contribution in [-0.4, -0.2) is 49.3 Å². The van der Waals surface area contributed by atoms with Crippen LogP contribution in [0.2, 0.25) is 5.02 Å². The predicted molar refractivity (Wildman–Crippen MR) is 80.6 cm³/mol. The highest BCUT2D eigenvalue weighted by Crippen LogP contribution is 2.32. The average molecular weight is 346 g/mol. The van der Waals surface area contributed by atoms with Crippen LogP contribution in [0.3, 0.4) is 0 Å². The van der Waals surface area contributed by atoms with Crippen molar-refractivity contribution in [2.75, 3.05) is 20.3 Å². The van der Waals surface area contributed by atoms with Crippen molar-refractivity contribution in [3.8, 4) is 0 Å². The lowest BCUT2D eigenvalue weighted by atomic mass is 9.87. The van der Waals surface area contributed by atoms with Crippen molar-refractivity contribution in [2.45, 2.75) is 37.5 Å². The highest BCUT2D eigenvalue weighted by molar-refractivity contribution is 6.31. The summed E-state index contributed by atoms with van der Waals surface area (Å²) in [6, 6.07) is 1.98. The third-order valence-electron chi connectivity index (χ3n) is 4.63. The number of morpholine rings is 1. The topological polar surface area (TPSA) is 38.8 Å². The molecule has 0 bridgehead atoms. The smallest absolute Gasteiger partial charge is 0.257 e. The maximum atomic E-state index is 14.2. The summed E-state index contributed by atoms with van der Waals surface area (Å²) in [5.41, 5.74) is -0.211. The molecule has 3 atom stereocenters. The van der Waals surface area contributed by atoms with E-state index in [0.717, 1.165) is 25.0 Å². The van der Waals surface area contributed by atoms with Crippen molar-refractivity contribution >= 4 is 17.5 Å². The normalized spacial score (nSPS) is 27.7. The van der Waals surface area contributed by atoms with Gasteiger partial charge in [0.25, 0.3) is 5.91 Å². The number of benzene rings is 1. The molecule has 2 fully saturated rings. The Hall–Kier alpha value is -1.24. The second-order valence-electron chi connectivity index (χ2n) is 5.87. The van der Waals surface area contributed by atoms with E-state index >= 15 is 0 Å². The van der Waals surface area contributed by atoms with E-state index in [2.05, 4.69) is 0 Å². The van der Waals surface area contributed by atoms with Gasteiger partial charge in [-0.2, -0.15) is 0 Å². The van der Waals surface area contributed by atoms with E-state index in [1.165, 1.54) is 0 Å². The molecule has 1 saturated carbocycles. The summed E-state index contributed by atoms with van der Waals surface area (Å²) in [6.45, 7) is 0.770. The highest BCUT2D eigenvalue weighted by atomic mass is 35.5. The van der Waals surface area contributed by atoms with E-state index in [9.17, 15) is 13.6 Å². The van der Waals surface area contributed by atoms with Gasteiger partial charge in [-0.05, 0) is 31.4 Å². The minimum atomic E-state index is -1.01. The molecule has 3 rings (SSSR count). The number of amides is 1. The molecule has 23 heavy (non-hydrogen) atoms. The molecule has 2 aliphatic rings. The van der Waals surface area contributed by atoms with Crippen LogP contribution in [0.5, 0.6) is 0 Å². The Morgan fingerprint density at radius 2 is 2.17 bits per heavy atom. The van der Waals surface area contributed by atoms with E-state index < -0.39 is 22.6 Å². The molecule has 0 N–H and O–H groups in total. The van der Waals surface area contributed by atoms with Gasteiger partial charge in [-0.15, -0.1) is 0 Å². The lowest BCUT2D eigenvalue weighted by Gasteiger charge is -2.45. The predicted octanol–water partition coefficient (Wildman–Crippen LogP) is 3.03. The molecular formula is C16H18ClF2NO3. The van der Waals surface area contributed by atoms with Crippen LogP contribution in [0.15, 0.2) is 12.1 Å². The van der Waals surface area contributed by atoms with E-state index in [1.54, 1.807) is 12.0 Å². The summed E-state index contributed by atoms with van der Waals surface area (Å²) in [6.07, 6.45) is 2.28. The maximum absolute atomic E-state index is 14.2. The van der Waals surface area contributed by atoms with Crippen molar-refractivity contribution in [3.63, 3.8) is 0 Å². The molecule has 0 aromatic heterocycles. The molecule has 1 aromatic rings. The number of hydrogen-bond acceptors (Lipinski definition) is 3. The van der Waals surface area contributed by atoms with Crippen molar-refractivity contribution < 1.29 is 23.0 Å². The molecule has 126 valence electrons. The van der Waals surface area contributed by atoms with Crippen LogP contribution < -0.4 is 0 Å². The summed E-state index contributed by atoms with van der Waals surface area (Å²) in [5.74, 6) is -2.38. The third-order valence-corrected chi connectivity index (χ3v) is 4.98. The largest absolute Gasteiger partial charge is 0.381 e. The molecule has 0 radical (unpaired) electrons. The third kappa shape index (κ3) is 3.07. The monoisotopic (exact) mass is 345 g/mol. The van der Waals surface area contributed by atoms with Crippen LogP contribution in [0.1, 0.15) is 29.6 Å². The van der Waals surface area contributed by atoms with Crippen molar-refractivity contribution in [3.05, 3.63) is 34.4 Å². The van der Waals surface area contributed by atoms with E-state index in [4.69, 9.17) is 21.1 Å². The highest BCUT2D eigenvalue weighted by Gasteiger charge is 2.40. The van der Waals surface area contributed by atoms with Gasteiger partial charge in [0, 0.05) is 13.7 Å². The Labute approximate surface area is 138 Å². The lowest BCUT2D eigenvalue weighted by molar-refractivity contribution is -0.101. The summed E-state index contributed by atoms with van der Waals surface area (Å²) >= 11 is 5.58. The van der Waals surface area contributed by atoms with Crippen LogP contribution >= 0.6 is 11.6 Å². The second-order valence-corrected chi connectivity index (χ2v) is 6.25. The molecule has 1 amide bonds. The Bertz CT molecular complexity index is 613. The minimum Gasteiger partial charge on any atom is -0.381 e. The number of halogens is 3. The first-order chi connectivity index (χ1) is 11.0. The molecular weight excluding hydrogens is 328 g/mol. The van der Waals surface area contributed by atoms with E-state index in [0.29, 0.717) is 19.6 Å². The minimum absolute atomic E-state index is 0.0508. The van der Waals surface area contributed by atoms with E-state index in [-0.39, 0.29) is 23.8 Å². The van der Waals surface area contributed by atoms with Gasteiger partial charge in [-0.3, -0.25) is 4.79 Å². The molecule has 1 aromatic carbocycles. The molecule has 3 unspecified atom stereocenters. The van der Waals surface area contributed by atoms with E-state index in [1.807, 2.05) is 0 Å². The summed E-state index contributed by atoms with van der Waals surface area (Å²) in [7, 11) is 1.64. The van der Waals surface area contributed by atoms with Crippen LogP contribution in [-0.2, 0) is 9.47 Å². The number of fused-ring (bicyclic) bond motifs is 1. The van der Waals surface area contributed by atoms with Crippen LogP contribution in [0.4, 0.5) is 8.78 Å². The first-order valence-electron chi connectivity index (χ1n) is 7.61. The SMILES string of the molecule is COC1CCC2OCCN(C(=O)c3ccc(F)c(Cl)c3F)C2C1. The number of nitrogens with zero attached hydrogens (tertiary/aromatic N) is 1. The molecule has 7 heteroatoms. The Morgan fingerprint density at radius 3 is 2.91 bits per heavy atom. The molecule has 0 spiro atoms.